The molecule has 0 aliphatic carbocycles. The van der Waals surface area contributed by atoms with E-state index >= 15 is 0 Å². The Morgan fingerprint density at radius 2 is 1.92 bits per heavy atom. The predicted molar refractivity (Wildman–Crippen MR) is 101 cm³/mol. The summed E-state index contributed by atoms with van der Waals surface area (Å²) in [6.45, 7) is 8.38. The van der Waals surface area contributed by atoms with Crippen molar-refractivity contribution < 1.29 is 9.84 Å². The summed E-state index contributed by atoms with van der Waals surface area (Å²) in [7, 11) is 2.09. The second-order valence-corrected chi connectivity index (χ2v) is 7.45. The largest absolute Gasteiger partial charge is 0.492 e. The highest BCUT2D eigenvalue weighted by Crippen LogP contribution is 2.17. The molecule has 1 atom stereocenters. The Labute approximate surface area is 152 Å². The highest BCUT2D eigenvalue weighted by atomic mass is 16.5. The van der Waals surface area contributed by atoms with Gasteiger partial charge in [-0.15, -0.1) is 0 Å². The topological polar surface area (TPSA) is 39.2 Å². The van der Waals surface area contributed by atoms with Crippen LogP contribution in [0.4, 0.5) is 0 Å². The second kappa shape index (κ2) is 9.53. The summed E-state index contributed by atoms with van der Waals surface area (Å²) in [5.41, 5.74) is 1.29. The van der Waals surface area contributed by atoms with Gasteiger partial charge in [-0.3, -0.25) is 14.7 Å². The number of hydrogen-bond donors (Lipinski definition) is 1. The van der Waals surface area contributed by atoms with Gasteiger partial charge < -0.3 is 9.84 Å². The highest BCUT2D eigenvalue weighted by molar-refractivity contribution is 5.28. The molecule has 1 aromatic carbocycles. The first-order valence-corrected chi connectivity index (χ1v) is 9.72. The zero-order chi connectivity index (χ0) is 17.5. The van der Waals surface area contributed by atoms with Crippen molar-refractivity contribution in [3.8, 4) is 5.75 Å². The van der Waals surface area contributed by atoms with Crippen molar-refractivity contribution in [2.24, 2.45) is 0 Å². The molecule has 2 aliphatic rings. The minimum atomic E-state index is 0.229. The number of benzene rings is 1. The van der Waals surface area contributed by atoms with Crippen LogP contribution in [-0.4, -0.2) is 85.4 Å². The summed E-state index contributed by atoms with van der Waals surface area (Å²) in [6.07, 6.45) is 4.04. The van der Waals surface area contributed by atoms with E-state index in [0.717, 1.165) is 45.1 Å². The molecular weight excluding hydrogens is 314 g/mol. The van der Waals surface area contributed by atoms with Crippen molar-refractivity contribution in [3.63, 3.8) is 0 Å². The van der Waals surface area contributed by atoms with E-state index < -0.39 is 0 Å². The van der Waals surface area contributed by atoms with Gasteiger partial charge in [-0.05, 0) is 50.7 Å². The fourth-order valence-corrected chi connectivity index (χ4v) is 3.82. The van der Waals surface area contributed by atoms with Gasteiger partial charge in [0.15, 0.2) is 0 Å². The van der Waals surface area contributed by atoms with Gasteiger partial charge in [0.2, 0.25) is 0 Å². The predicted octanol–water partition coefficient (Wildman–Crippen LogP) is 1.66. The van der Waals surface area contributed by atoms with Gasteiger partial charge in [0.25, 0.3) is 0 Å². The lowest BCUT2D eigenvalue weighted by atomic mass is 10.1. The van der Waals surface area contributed by atoms with E-state index in [2.05, 4.69) is 46.0 Å². The molecule has 5 heteroatoms. The molecule has 1 aromatic rings. The molecule has 2 saturated heterocycles. The lowest BCUT2D eigenvalue weighted by molar-refractivity contribution is 0.0539. The molecule has 2 aliphatic heterocycles. The monoisotopic (exact) mass is 347 g/mol. The number of piperidine rings is 1. The lowest BCUT2D eigenvalue weighted by Crippen LogP contribution is -2.52. The molecule has 2 heterocycles. The summed E-state index contributed by atoms with van der Waals surface area (Å²) in [5, 5.41) is 9.50. The van der Waals surface area contributed by atoms with Crippen molar-refractivity contribution in [1.82, 2.24) is 14.7 Å². The first-order valence-electron chi connectivity index (χ1n) is 9.72. The van der Waals surface area contributed by atoms with Crippen LogP contribution in [-0.2, 0) is 6.54 Å². The smallest absolute Gasteiger partial charge is 0.119 e. The van der Waals surface area contributed by atoms with Crippen molar-refractivity contribution in [1.29, 1.82) is 0 Å². The summed E-state index contributed by atoms with van der Waals surface area (Å²) < 4.78 is 5.99. The Kier molecular flexibility index (Phi) is 7.11. The van der Waals surface area contributed by atoms with Crippen LogP contribution >= 0.6 is 0 Å². The quantitative estimate of drug-likeness (QED) is 0.812. The number of piperazine rings is 1. The van der Waals surface area contributed by atoms with Gasteiger partial charge in [-0.2, -0.15) is 0 Å². The van der Waals surface area contributed by atoms with Crippen molar-refractivity contribution in [2.45, 2.75) is 31.8 Å². The number of likely N-dealkylation sites (tertiary alicyclic amines) is 1. The molecule has 0 radical (unpaired) electrons. The maximum Gasteiger partial charge on any atom is 0.119 e. The number of nitrogens with zero attached hydrogens (tertiary/aromatic N) is 3. The van der Waals surface area contributed by atoms with Crippen LogP contribution in [0.3, 0.4) is 0 Å². The van der Waals surface area contributed by atoms with E-state index in [0.29, 0.717) is 0 Å². The average molecular weight is 348 g/mol. The van der Waals surface area contributed by atoms with Crippen LogP contribution in [0.15, 0.2) is 24.3 Å². The van der Waals surface area contributed by atoms with Crippen LogP contribution in [0.1, 0.15) is 24.8 Å². The molecule has 1 N–H and O–H groups in total. The summed E-state index contributed by atoms with van der Waals surface area (Å²) in [6, 6.07) is 8.73. The van der Waals surface area contributed by atoms with Gasteiger partial charge in [0.1, 0.15) is 12.4 Å². The van der Waals surface area contributed by atoms with Crippen molar-refractivity contribution >= 4 is 0 Å². The first-order chi connectivity index (χ1) is 12.2. The highest BCUT2D eigenvalue weighted by Gasteiger charge is 2.23. The van der Waals surface area contributed by atoms with Crippen LogP contribution in [0.5, 0.6) is 5.75 Å². The molecule has 25 heavy (non-hydrogen) atoms. The fourth-order valence-electron chi connectivity index (χ4n) is 3.82. The van der Waals surface area contributed by atoms with E-state index in [1.54, 1.807) is 0 Å². The molecule has 0 amide bonds. The van der Waals surface area contributed by atoms with E-state index in [1.165, 1.54) is 37.9 Å². The normalized spacial score (nSPS) is 23.7. The standard InChI is InChI=1S/C20H33N3O2/c1-21-10-11-23(16-19(21)17-24)15-18-6-5-7-20(14-18)25-13-12-22-8-3-2-4-9-22/h5-7,14,19,24H,2-4,8-13,15-17H2,1H3. The Hall–Kier alpha value is -1.14. The molecule has 0 spiro atoms. The Morgan fingerprint density at radius 1 is 1.08 bits per heavy atom. The zero-order valence-electron chi connectivity index (χ0n) is 15.6. The molecule has 0 bridgehead atoms. The fraction of sp³-hybridized carbons (Fsp3) is 0.700. The van der Waals surface area contributed by atoms with Crippen LogP contribution in [0.25, 0.3) is 0 Å². The van der Waals surface area contributed by atoms with Crippen LogP contribution in [0, 0.1) is 0 Å². The Morgan fingerprint density at radius 3 is 2.72 bits per heavy atom. The first kappa shape index (κ1) is 18.6. The minimum Gasteiger partial charge on any atom is -0.492 e. The number of hydrogen-bond acceptors (Lipinski definition) is 5. The summed E-state index contributed by atoms with van der Waals surface area (Å²) >= 11 is 0. The summed E-state index contributed by atoms with van der Waals surface area (Å²) in [5.74, 6) is 0.974. The SMILES string of the molecule is CN1CCN(Cc2cccc(OCCN3CCCCC3)c2)CC1CO. The van der Waals surface area contributed by atoms with Gasteiger partial charge >= 0.3 is 0 Å². The zero-order valence-corrected chi connectivity index (χ0v) is 15.6. The number of ether oxygens (including phenoxy) is 1. The molecule has 5 nitrogen and oxygen atoms in total. The van der Waals surface area contributed by atoms with E-state index in [1.807, 2.05) is 0 Å². The van der Waals surface area contributed by atoms with Crippen LogP contribution < -0.4 is 4.74 Å². The summed E-state index contributed by atoms with van der Waals surface area (Å²) in [4.78, 5) is 7.18. The third kappa shape index (κ3) is 5.68. The maximum absolute atomic E-state index is 9.50. The molecule has 140 valence electrons. The van der Waals surface area contributed by atoms with Crippen LogP contribution in [0.2, 0.25) is 0 Å². The molecule has 0 saturated carbocycles. The molecule has 0 aromatic heterocycles. The molecule has 1 unspecified atom stereocenters. The third-order valence-electron chi connectivity index (χ3n) is 5.50. The van der Waals surface area contributed by atoms with Gasteiger partial charge in [0.05, 0.1) is 6.61 Å². The number of likely N-dealkylation sites (N-methyl/N-ethyl adjacent to an activating group) is 1. The van der Waals surface area contributed by atoms with E-state index in [9.17, 15) is 5.11 Å². The Balaban J connectivity index is 1.46. The molecular formula is C20H33N3O2. The molecule has 3 rings (SSSR count). The average Bonchev–Trinajstić information content (AvgIpc) is 2.64. The number of rotatable bonds is 7. The lowest BCUT2D eigenvalue weighted by Gasteiger charge is -2.38. The second-order valence-electron chi connectivity index (χ2n) is 7.45. The number of aliphatic hydroxyl groups is 1. The van der Waals surface area contributed by atoms with Crippen molar-refractivity contribution in [3.05, 3.63) is 29.8 Å². The maximum atomic E-state index is 9.50. The van der Waals surface area contributed by atoms with Gasteiger partial charge in [-0.25, -0.2) is 0 Å². The molecule has 2 fully saturated rings. The third-order valence-corrected chi connectivity index (χ3v) is 5.50. The van der Waals surface area contributed by atoms with E-state index in [-0.39, 0.29) is 12.6 Å². The minimum absolute atomic E-state index is 0.229. The van der Waals surface area contributed by atoms with Crippen molar-refractivity contribution in [2.75, 3.05) is 59.5 Å². The Bertz CT molecular complexity index is 519. The van der Waals surface area contributed by atoms with Gasteiger partial charge in [-0.1, -0.05) is 18.6 Å². The number of aliphatic hydroxyl groups excluding tert-OH is 1. The van der Waals surface area contributed by atoms with E-state index in [4.69, 9.17) is 4.74 Å². The van der Waals surface area contributed by atoms with Gasteiger partial charge in [0, 0.05) is 38.8 Å².